The molecule has 0 saturated carbocycles. The Hall–Kier alpha value is -3.32. The van der Waals surface area contributed by atoms with Gasteiger partial charge in [0, 0.05) is 0 Å². The zero-order chi connectivity index (χ0) is 33.6. The molecule has 252 valence electrons. The summed E-state index contributed by atoms with van der Waals surface area (Å²) in [5.74, 6) is 0.237. The van der Waals surface area contributed by atoms with Gasteiger partial charge in [0.25, 0.3) is 0 Å². The predicted octanol–water partition coefficient (Wildman–Crippen LogP) is -3.73. The second-order valence-electron chi connectivity index (χ2n) is 9.76. The van der Waals surface area contributed by atoms with Crippen LogP contribution in [0.5, 0.6) is 0 Å². The molecule has 24 nitrogen and oxygen atoms in total. The van der Waals surface area contributed by atoms with Crippen LogP contribution in [0.1, 0.15) is 12.5 Å². The summed E-state index contributed by atoms with van der Waals surface area (Å²) >= 11 is 0. The van der Waals surface area contributed by atoms with Crippen LogP contribution >= 0.6 is 15.6 Å². The Labute approximate surface area is 255 Å². The SMILES string of the molecule is Nc1ncnc2c1ncn2[13C@@H]1O[13C@H]([13CH2]O)[13C@@H](O)[13C@H]1OP(=O)(O)O.Nc1ncnc2c1ncn2[13C@@H]1O[13C@H]([13CH2]O)[13C@@H](OP(=O)(O)O)[13C@H]1O. The highest BCUT2D eigenvalue weighted by Crippen LogP contribution is 2.46. The van der Waals surface area contributed by atoms with Crippen molar-refractivity contribution >= 4 is 49.6 Å². The number of anilines is 2. The van der Waals surface area contributed by atoms with Gasteiger partial charge in [-0.3, -0.25) is 18.2 Å². The molecule has 6 heterocycles. The molecule has 12 N–H and O–H groups in total. The number of ether oxygens (including phenoxy) is 2. The van der Waals surface area contributed by atoms with Gasteiger partial charge in [0.2, 0.25) is 0 Å². The van der Waals surface area contributed by atoms with Crippen molar-refractivity contribution < 1.29 is 67.7 Å². The van der Waals surface area contributed by atoms with Crippen LogP contribution in [0.25, 0.3) is 22.3 Å². The van der Waals surface area contributed by atoms with Crippen molar-refractivity contribution in [3.8, 4) is 0 Å². The van der Waals surface area contributed by atoms with Gasteiger partial charge in [-0.1, -0.05) is 0 Å². The highest BCUT2D eigenvalue weighted by molar-refractivity contribution is 7.46. The van der Waals surface area contributed by atoms with Gasteiger partial charge in [-0.2, -0.15) is 0 Å². The zero-order valence-electron chi connectivity index (χ0n) is 23.0. The number of fused-ring (bicyclic) bond motifs is 2. The van der Waals surface area contributed by atoms with E-state index in [2.05, 4.69) is 39.0 Å². The minimum Gasteiger partial charge on any atom is -0.394 e. The lowest BCUT2D eigenvalue weighted by Crippen LogP contribution is -2.35. The molecule has 0 bridgehead atoms. The number of hydrogen-bond acceptors (Lipinski definition) is 18. The fourth-order valence-electron chi connectivity index (χ4n) is 4.86. The van der Waals surface area contributed by atoms with Gasteiger partial charge in [0.15, 0.2) is 35.4 Å². The molecule has 8 atom stereocenters. The van der Waals surface area contributed by atoms with Gasteiger partial charge in [0.1, 0.15) is 60.3 Å². The molecule has 2 fully saturated rings. The van der Waals surface area contributed by atoms with E-state index in [0.717, 1.165) is 0 Å². The Kier molecular flexibility index (Phi) is 9.66. The van der Waals surface area contributed by atoms with E-state index in [4.69, 9.17) is 40.5 Å². The van der Waals surface area contributed by atoms with Crippen LogP contribution in [0.2, 0.25) is 0 Å². The Morgan fingerprint density at radius 3 is 1.63 bits per heavy atom. The van der Waals surface area contributed by atoms with E-state index < -0.39 is 77.9 Å². The van der Waals surface area contributed by atoms with Gasteiger partial charge in [0.05, 0.1) is 25.9 Å². The molecule has 0 aromatic carbocycles. The number of nitrogens with zero attached hydrogens (tertiary/aromatic N) is 8. The average molecular weight is 704 g/mol. The molecule has 4 aromatic rings. The molecule has 2 aliphatic rings. The molecule has 4 aromatic heterocycles. The lowest BCUT2D eigenvalue weighted by Gasteiger charge is -2.21. The first-order valence-corrected chi connectivity index (χ1v) is 15.9. The van der Waals surface area contributed by atoms with Crippen molar-refractivity contribution in [2.75, 3.05) is 24.7 Å². The first-order valence-electron chi connectivity index (χ1n) is 12.9. The minimum absolute atomic E-state index is 0.110. The molecule has 0 unspecified atom stereocenters. The number of rotatable bonds is 8. The molecule has 0 amide bonds. The third kappa shape index (κ3) is 6.85. The maximum absolute atomic E-state index is 11.1. The monoisotopic (exact) mass is 704 g/mol. The van der Waals surface area contributed by atoms with Crippen LogP contribution in [0.4, 0.5) is 11.6 Å². The van der Waals surface area contributed by atoms with Gasteiger partial charge in [-0.15, -0.1) is 0 Å². The van der Waals surface area contributed by atoms with E-state index in [1.165, 1.54) is 34.4 Å². The van der Waals surface area contributed by atoms with Crippen molar-refractivity contribution in [3.63, 3.8) is 0 Å². The molecule has 0 radical (unpaired) electrons. The number of phosphoric ester groups is 2. The summed E-state index contributed by atoms with van der Waals surface area (Å²) in [6.45, 7) is -1.18. The average Bonchev–Trinajstić information content (AvgIpc) is 3.74. The molecule has 0 aliphatic carbocycles. The summed E-state index contributed by atoms with van der Waals surface area (Å²) in [4.78, 5) is 59.4. The van der Waals surface area contributed by atoms with E-state index in [1.54, 1.807) is 0 Å². The maximum Gasteiger partial charge on any atom is 0.470 e. The second-order valence-corrected chi connectivity index (χ2v) is 12.1. The summed E-state index contributed by atoms with van der Waals surface area (Å²) in [5, 5.41) is 38.9. The smallest absolute Gasteiger partial charge is 0.394 e. The minimum atomic E-state index is -4.91. The van der Waals surface area contributed by atoms with Crippen LogP contribution < -0.4 is 11.5 Å². The van der Waals surface area contributed by atoms with Crippen LogP contribution in [-0.4, -0.2) is 129 Å². The fourth-order valence-corrected chi connectivity index (χ4v) is 5.99. The number of hydrogen-bond donors (Lipinski definition) is 10. The third-order valence-corrected chi connectivity index (χ3v) is 7.86. The summed E-state index contributed by atoms with van der Waals surface area (Å²) in [5.41, 5.74) is 12.4. The lowest BCUT2D eigenvalue weighted by atomic mass is 10.5. The van der Waals surface area contributed by atoms with Gasteiger partial charge in [-0.05, 0) is 0 Å². The van der Waals surface area contributed by atoms with Gasteiger partial charge >= 0.3 is 15.6 Å². The van der Waals surface area contributed by atoms with Crippen molar-refractivity contribution in [2.45, 2.75) is 49.1 Å². The zero-order valence-corrected chi connectivity index (χ0v) is 24.8. The maximum atomic E-state index is 11.1. The number of nitrogens with two attached hydrogens (primary N) is 2. The Morgan fingerprint density at radius 2 is 1.15 bits per heavy atom. The van der Waals surface area contributed by atoms with E-state index in [-0.39, 0.29) is 34.0 Å². The van der Waals surface area contributed by atoms with E-state index >= 15 is 0 Å². The highest BCUT2D eigenvalue weighted by Gasteiger charge is 2.49. The van der Waals surface area contributed by atoms with Crippen LogP contribution in [0, 0.1) is 0 Å². The van der Waals surface area contributed by atoms with Crippen LogP contribution in [-0.2, 0) is 27.7 Å². The number of aromatic nitrogens is 8. The molecule has 6 rings (SSSR count). The number of phosphoric acid groups is 2. The summed E-state index contributed by atoms with van der Waals surface area (Å²) in [6, 6.07) is 0. The Bertz CT molecular complexity index is 1780. The molecule has 2 saturated heterocycles. The standard InChI is InChI=1S/2C10H14N5O7P/c11-8-5-9(13-2-12-8)15(3-14-5)10-6(17)7(4(1-16)21-10)22-23(18,19)20;11-8-5-9(13-2-12-8)15(3-14-5)10-7(22-23(18,19)20)6(17)4(1-16)21-10/h2*2-4,6-7,10,16-17H,1H2,(H2,11,12,13)(H2,18,19,20)/t2*4-,6-,7-,10-/m11/s1/i2*1+1,4+1,6+1,7+1,10+1. The quantitative estimate of drug-likeness (QED) is 0.0622. The second kappa shape index (κ2) is 13.1. The molecular formula is C20H28N10O14P2. The number of nitrogen functional groups attached to an aromatic ring is 2. The van der Waals surface area contributed by atoms with E-state index in [9.17, 15) is 29.6 Å². The van der Waals surface area contributed by atoms with Crippen LogP contribution in [0.15, 0.2) is 25.3 Å². The van der Waals surface area contributed by atoms with Crippen molar-refractivity contribution in [1.82, 2.24) is 39.0 Å². The number of imidazole rings is 2. The van der Waals surface area contributed by atoms with Crippen molar-refractivity contribution in [3.05, 3.63) is 25.3 Å². The van der Waals surface area contributed by atoms with Crippen molar-refractivity contribution in [1.29, 1.82) is 0 Å². The van der Waals surface area contributed by atoms with E-state index in [1.807, 2.05) is 0 Å². The number of aliphatic hydroxyl groups excluding tert-OH is 4. The largest absolute Gasteiger partial charge is 0.470 e. The molecule has 0 spiro atoms. The first kappa shape index (κ1) is 34.0. The molecule has 26 heteroatoms. The van der Waals surface area contributed by atoms with Gasteiger partial charge in [-0.25, -0.2) is 39.0 Å². The fraction of sp³-hybridized carbons (Fsp3) is 0.500. The number of aliphatic hydroxyl groups is 4. The highest BCUT2D eigenvalue weighted by atomic mass is 31.2. The van der Waals surface area contributed by atoms with Crippen molar-refractivity contribution in [2.24, 2.45) is 0 Å². The van der Waals surface area contributed by atoms with Crippen LogP contribution in [0.3, 0.4) is 0 Å². The summed E-state index contributed by atoms with van der Waals surface area (Å²) in [7, 11) is -9.79. The predicted molar refractivity (Wildman–Crippen MR) is 147 cm³/mol. The molecule has 46 heavy (non-hydrogen) atoms. The summed E-state index contributed by atoms with van der Waals surface area (Å²) < 4.78 is 44.8. The normalized spacial score (nSPS) is 28.5. The van der Waals surface area contributed by atoms with Gasteiger partial charge < -0.3 is 60.9 Å². The lowest BCUT2D eigenvalue weighted by molar-refractivity contribution is -0.0509. The first-order chi connectivity index (χ1) is 21.6. The van der Waals surface area contributed by atoms with E-state index in [0.29, 0.717) is 0 Å². The molecule has 2 aliphatic heterocycles. The topological polar surface area (TPSA) is 372 Å². The molecular weight excluding hydrogens is 676 g/mol. The third-order valence-electron chi connectivity index (χ3n) is 6.82. The summed E-state index contributed by atoms with van der Waals surface area (Å²) in [6.07, 6.45) is -5.40. The Morgan fingerprint density at radius 1 is 0.696 bits per heavy atom. The Balaban J connectivity index is 0.000000181.